The summed E-state index contributed by atoms with van der Waals surface area (Å²) in [6.07, 6.45) is 0.0899. The topological polar surface area (TPSA) is 34.1 Å². The predicted molar refractivity (Wildman–Crippen MR) is 75.7 cm³/mol. The number of ketones is 2. The molecule has 0 aromatic heterocycles. The van der Waals surface area contributed by atoms with Crippen molar-refractivity contribution in [1.82, 2.24) is 0 Å². The monoisotopic (exact) mass is 290 g/mol. The predicted octanol–water partition coefficient (Wildman–Crippen LogP) is 4.32. The first-order valence-electron chi connectivity index (χ1n) is 6.14. The molecule has 0 spiro atoms. The largest absolute Gasteiger partial charge is 0.294 e. The van der Waals surface area contributed by atoms with Crippen LogP contribution < -0.4 is 0 Å². The normalized spacial score (nSPS) is 10.3. The number of benzene rings is 2. The first-order chi connectivity index (χ1) is 9.58. The van der Waals surface area contributed by atoms with E-state index in [1.807, 2.05) is 0 Å². The van der Waals surface area contributed by atoms with Gasteiger partial charge in [0.2, 0.25) is 0 Å². The molecule has 2 aromatic carbocycles. The number of hydrogen-bond donors (Lipinski definition) is 0. The molecule has 0 N–H and O–H groups in total. The van der Waals surface area contributed by atoms with Crippen LogP contribution >= 0.6 is 11.6 Å². The van der Waals surface area contributed by atoms with E-state index in [1.165, 1.54) is 24.3 Å². The molecule has 2 aromatic rings. The van der Waals surface area contributed by atoms with Crippen LogP contribution in [0, 0.1) is 5.82 Å². The van der Waals surface area contributed by atoms with Gasteiger partial charge in [0.25, 0.3) is 0 Å². The van der Waals surface area contributed by atoms with Crippen molar-refractivity contribution < 1.29 is 14.0 Å². The van der Waals surface area contributed by atoms with Crippen LogP contribution in [0.25, 0.3) is 0 Å². The van der Waals surface area contributed by atoms with Gasteiger partial charge >= 0.3 is 0 Å². The van der Waals surface area contributed by atoms with E-state index in [0.717, 1.165) is 0 Å². The molecule has 2 rings (SSSR count). The molecule has 0 radical (unpaired) electrons. The fraction of sp³-hybridized carbons (Fsp3) is 0.125. The Hall–Kier alpha value is -2.00. The highest BCUT2D eigenvalue weighted by atomic mass is 35.5. The standard InChI is InChI=1S/C16H12ClFO2/c17-14-7-2-1-6-13(14)16(20)9-8-15(19)11-4-3-5-12(18)10-11/h1-7,10H,8-9H2. The molecule has 2 nitrogen and oxygen atoms in total. The maximum absolute atomic E-state index is 13.0. The van der Waals surface area contributed by atoms with E-state index in [9.17, 15) is 14.0 Å². The quantitative estimate of drug-likeness (QED) is 0.768. The zero-order valence-corrected chi connectivity index (χ0v) is 11.4. The van der Waals surface area contributed by atoms with Crippen molar-refractivity contribution in [2.24, 2.45) is 0 Å². The minimum atomic E-state index is -0.465. The van der Waals surface area contributed by atoms with Gasteiger partial charge in [0.15, 0.2) is 11.6 Å². The van der Waals surface area contributed by atoms with Crippen LogP contribution in [-0.4, -0.2) is 11.6 Å². The second kappa shape index (κ2) is 6.44. The summed E-state index contributed by atoms with van der Waals surface area (Å²) >= 11 is 5.92. The number of halogens is 2. The molecule has 0 atom stereocenters. The van der Waals surface area contributed by atoms with E-state index in [0.29, 0.717) is 10.6 Å². The molecule has 0 amide bonds. The van der Waals surface area contributed by atoms with Gasteiger partial charge in [0.1, 0.15) is 5.82 Å². The van der Waals surface area contributed by atoms with Crippen molar-refractivity contribution >= 4 is 23.2 Å². The molecule has 0 aliphatic carbocycles. The van der Waals surface area contributed by atoms with E-state index < -0.39 is 5.82 Å². The summed E-state index contributed by atoms with van der Waals surface area (Å²) in [6, 6.07) is 12.1. The Labute approximate surface area is 121 Å². The zero-order chi connectivity index (χ0) is 14.5. The fourth-order valence-corrected chi connectivity index (χ4v) is 2.10. The smallest absolute Gasteiger partial charge is 0.164 e. The summed E-state index contributed by atoms with van der Waals surface area (Å²) in [6.45, 7) is 0. The summed E-state index contributed by atoms with van der Waals surface area (Å²) in [5.74, 6) is -0.918. The summed E-state index contributed by atoms with van der Waals surface area (Å²) in [5.41, 5.74) is 0.679. The number of Topliss-reactive ketones (excluding diaryl/α,β-unsaturated/α-hetero) is 2. The van der Waals surface area contributed by atoms with Gasteiger partial charge < -0.3 is 0 Å². The van der Waals surface area contributed by atoms with Gasteiger partial charge in [0.05, 0.1) is 5.02 Å². The average molecular weight is 291 g/mol. The van der Waals surface area contributed by atoms with Crippen molar-refractivity contribution in [3.05, 3.63) is 70.5 Å². The van der Waals surface area contributed by atoms with Crippen molar-refractivity contribution in [3.63, 3.8) is 0 Å². The minimum Gasteiger partial charge on any atom is -0.294 e. The van der Waals surface area contributed by atoms with Crippen LogP contribution in [0.5, 0.6) is 0 Å². The summed E-state index contributed by atoms with van der Waals surface area (Å²) < 4.78 is 13.0. The first kappa shape index (κ1) is 14.4. The second-order valence-electron chi connectivity index (χ2n) is 4.34. The van der Waals surface area contributed by atoms with E-state index in [-0.39, 0.29) is 30.0 Å². The lowest BCUT2D eigenvalue weighted by atomic mass is 10.0. The maximum Gasteiger partial charge on any atom is 0.164 e. The van der Waals surface area contributed by atoms with Gasteiger partial charge in [-0.25, -0.2) is 4.39 Å². The molecule has 20 heavy (non-hydrogen) atoms. The molecule has 0 heterocycles. The SMILES string of the molecule is O=C(CCC(=O)c1ccccc1Cl)c1cccc(F)c1. The van der Waals surface area contributed by atoms with E-state index in [4.69, 9.17) is 11.6 Å². The Balaban J connectivity index is 2.01. The second-order valence-corrected chi connectivity index (χ2v) is 4.74. The molecule has 0 unspecified atom stereocenters. The van der Waals surface area contributed by atoms with Crippen molar-refractivity contribution in [1.29, 1.82) is 0 Å². The van der Waals surface area contributed by atoms with Crippen LogP contribution in [0.1, 0.15) is 33.6 Å². The Bertz CT molecular complexity index is 652. The van der Waals surface area contributed by atoms with Crippen LogP contribution in [0.3, 0.4) is 0 Å². The Morgan fingerprint density at radius 2 is 1.65 bits per heavy atom. The lowest BCUT2D eigenvalue weighted by Gasteiger charge is -2.03. The Kier molecular flexibility index (Phi) is 4.64. The summed E-state index contributed by atoms with van der Waals surface area (Å²) in [4.78, 5) is 23.8. The van der Waals surface area contributed by atoms with Crippen molar-refractivity contribution in [2.75, 3.05) is 0 Å². The minimum absolute atomic E-state index is 0.0352. The molecular weight excluding hydrogens is 279 g/mol. The molecule has 0 aliphatic rings. The molecule has 0 saturated carbocycles. The molecular formula is C16H12ClFO2. The zero-order valence-electron chi connectivity index (χ0n) is 10.6. The molecule has 0 fully saturated rings. The van der Waals surface area contributed by atoms with Gasteiger partial charge in [-0.2, -0.15) is 0 Å². The van der Waals surface area contributed by atoms with E-state index in [2.05, 4.69) is 0 Å². The molecule has 0 bridgehead atoms. The van der Waals surface area contributed by atoms with Gasteiger partial charge in [0, 0.05) is 24.0 Å². The number of hydrogen-bond acceptors (Lipinski definition) is 2. The van der Waals surface area contributed by atoms with Gasteiger partial charge in [-0.1, -0.05) is 35.9 Å². The summed E-state index contributed by atoms with van der Waals surface area (Å²) in [7, 11) is 0. The molecule has 0 saturated heterocycles. The lowest BCUT2D eigenvalue weighted by Crippen LogP contribution is -2.06. The van der Waals surface area contributed by atoms with Crippen LogP contribution in [0.15, 0.2) is 48.5 Å². The van der Waals surface area contributed by atoms with E-state index in [1.54, 1.807) is 24.3 Å². The average Bonchev–Trinajstić information content (AvgIpc) is 2.45. The fourth-order valence-electron chi connectivity index (χ4n) is 1.86. The number of rotatable bonds is 5. The van der Waals surface area contributed by atoms with Crippen LogP contribution in [-0.2, 0) is 0 Å². The molecule has 0 aliphatic heterocycles. The maximum atomic E-state index is 13.0. The lowest BCUT2D eigenvalue weighted by molar-refractivity contribution is 0.0917. The Morgan fingerprint density at radius 3 is 2.35 bits per heavy atom. The van der Waals surface area contributed by atoms with Gasteiger partial charge in [-0.3, -0.25) is 9.59 Å². The highest BCUT2D eigenvalue weighted by Gasteiger charge is 2.13. The van der Waals surface area contributed by atoms with E-state index >= 15 is 0 Å². The molecule has 102 valence electrons. The van der Waals surface area contributed by atoms with Crippen LogP contribution in [0.2, 0.25) is 5.02 Å². The van der Waals surface area contributed by atoms with Crippen LogP contribution in [0.4, 0.5) is 4.39 Å². The third-order valence-corrected chi connectivity index (χ3v) is 3.23. The van der Waals surface area contributed by atoms with Crippen molar-refractivity contribution in [3.8, 4) is 0 Å². The first-order valence-corrected chi connectivity index (χ1v) is 6.52. The number of carbonyl (C=O) groups is 2. The third kappa shape index (κ3) is 3.52. The molecule has 4 heteroatoms. The highest BCUT2D eigenvalue weighted by Crippen LogP contribution is 2.18. The highest BCUT2D eigenvalue weighted by molar-refractivity contribution is 6.34. The summed E-state index contributed by atoms with van der Waals surface area (Å²) in [5, 5.41) is 0.371. The van der Waals surface area contributed by atoms with Gasteiger partial charge in [-0.05, 0) is 24.3 Å². The third-order valence-electron chi connectivity index (χ3n) is 2.90. The Morgan fingerprint density at radius 1 is 0.950 bits per heavy atom. The van der Waals surface area contributed by atoms with Crippen molar-refractivity contribution in [2.45, 2.75) is 12.8 Å². The van der Waals surface area contributed by atoms with Gasteiger partial charge in [-0.15, -0.1) is 0 Å². The number of carbonyl (C=O) groups excluding carboxylic acids is 2.